The zero-order valence-electron chi connectivity index (χ0n) is 12.3. The quantitative estimate of drug-likeness (QED) is 0.572. The molecule has 5 heteroatoms. The molecule has 22 heavy (non-hydrogen) atoms. The fourth-order valence-electron chi connectivity index (χ4n) is 1.80. The topological polar surface area (TPSA) is 35.5 Å². The maximum atomic E-state index is 12.0. The molecule has 0 aromatic heterocycles. The van der Waals surface area contributed by atoms with Gasteiger partial charge < -0.3 is 9.47 Å². The number of hydrogen-bond acceptors (Lipinski definition) is 3. The Morgan fingerprint density at radius 2 is 1.82 bits per heavy atom. The normalized spacial score (nSPS) is 11.8. The highest BCUT2D eigenvalue weighted by Crippen LogP contribution is 2.28. The van der Waals surface area contributed by atoms with E-state index in [4.69, 9.17) is 32.7 Å². The minimum Gasteiger partial charge on any atom is -0.477 e. The summed E-state index contributed by atoms with van der Waals surface area (Å²) in [4.78, 5) is 12.0. The lowest BCUT2D eigenvalue weighted by Crippen LogP contribution is -2.28. The second-order valence-electron chi connectivity index (χ2n) is 4.75. The standard InChI is InChI=1S/C17H16Cl2O3/c1-3-12-4-7-14(8-5-12)22-17(20)11(2)21-16-9-6-13(18)10-15(16)19/h4-11H,3H2,1-2H3/t11-/m1/s1. The predicted molar refractivity (Wildman–Crippen MR) is 88.0 cm³/mol. The fourth-order valence-corrected chi connectivity index (χ4v) is 2.25. The zero-order chi connectivity index (χ0) is 16.1. The summed E-state index contributed by atoms with van der Waals surface area (Å²) in [6.45, 7) is 3.67. The van der Waals surface area contributed by atoms with Gasteiger partial charge in [-0.25, -0.2) is 4.79 Å². The lowest BCUT2D eigenvalue weighted by molar-refractivity contribution is -0.141. The van der Waals surface area contributed by atoms with Gasteiger partial charge in [-0.2, -0.15) is 0 Å². The molecule has 2 rings (SSSR count). The Morgan fingerprint density at radius 3 is 2.41 bits per heavy atom. The smallest absolute Gasteiger partial charge is 0.352 e. The van der Waals surface area contributed by atoms with Crippen LogP contribution in [0.3, 0.4) is 0 Å². The van der Waals surface area contributed by atoms with Gasteiger partial charge in [0.1, 0.15) is 11.5 Å². The van der Waals surface area contributed by atoms with E-state index in [1.54, 1.807) is 37.3 Å². The number of rotatable bonds is 5. The Bertz CT molecular complexity index is 653. The summed E-state index contributed by atoms with van der Waals surface area (Å²) in [5.74, 6) is 0.381. The van der Waals surface area contributed by atoms with E-state index < -0.39 is 12.1 Å². The number of halogens is 2. The molecule has 0 unspecified atom stereocenters. The van der Waals surface area contributed by atoms with Crippen LogP contribution in [0.4, 0.5) is 0 Å². The van der Waals surface area contributed by atoms with Crippen LogP contribution in [-0.4, -0.2) is 12.1 Å². The van der Waals surface area contributed by atoms with Crippen molar-refractivity contribution in [1.82, 2.24) is 0 Å². The molecule has 1 atom stereocenters. The summed E-state index contributed by atoms with van der Waals surface area (Å²) in [6, 6.07) is 12.2. The molecule has 0 bridgehead atoms. The number of aryl methyl sites for hydroxylation is 1. The Labute approximate surface area is 139 Å². The van der Waals surface area contributed by atoms with Crippen LogP contribution < -0.4 is 9.47 Å². The van der Waals surface area contributed by atoms with Crippen molar-refractivity contribution in [2.45, 2.75) is 26.4 Å². The molecule has 0 N–H and O–H groups in total. The van der Waals surface area contributed by atoms with E-state index in [2.05, 4.69) is 6.92 Å². The lowest BCUT2D eigenvalue weighted by atomic mass is 10.2. The summed E-state index contributed by atoms with van der Waals surface area (Å²) in [6.07, 6.45) is 0.146. The summed E-state index contributed by atoms with van der Waals surface area (Å²) in [5, 5.41) is 0.850. The molecule has 0 fully saturated rings. The Kier molecular flexibility index (Phi) is 5.69. The summed E-state index contributed by atoms with van der Waals surface area (Å²) < 4.78 is 10.8. The van der Waals surface area contributed by atoms with E-state index in [0.29, 0.717) is 21.5 Å². The molecule has 2 aromatic rings. The second-order valence-corrected chi connectivity index (χ2v) is 5.60. The first-order valence-electron chi connectivity index (χ1n) is 6.92. The summed E-state index contributed by atoms with van der Waals surface area (Å²) in [7, 11) is 0. The molecule has 0 spiro atoms. The Hall–Kier alpha value is -1.71. The first-order chi connectivity index (χ1) is 10.5. The molecule has 0 aliphatic carbocycles. The van der Waals surface area contributed by atoms with Crippen LogP contribution in [-0.2, 0) is 11.2 Å². The van der Waals surface area contributed by atoms with E-state index in [9.17, 15) is 4.79 Å². The van der Waals surface area contributed by atoms with E-state index in [1.165, 1.54) is 5.56 Å². The maximum absolute atomic E-state index is 12.0. The van der Waals surface area contributed by atoms with Gasteiger partial charge in [0.15, 0.2) is 6.10 Å². The van der Waals surface area contributed by atoms with Gasteiger partial charge in [-0.05, 0) is 49.2 Å². The van der Waals surface area contributed by atoms with Gasteiger partial charge in [0.05, 0.1) is 5.02 Å². The molecule has 0 heterocycles. The van der Waals surface area contributed by atoms with Gasteiger partial charge in [0.25, 0.3) is 0 Å². The van der Waals surface area contributed by atoms with Crippen LogP contribution in [0, 0.1) is 0 Å². The third kappa shape index (κ3) is 4.39. The first kappa shape index (κ1) is 16.7. The maximum Gasteiger partial charge on any atom is 0.352 e. The van der Waals surface area contributed by atoms with Crippen LogP contribution in [0.15, 0.2) is 42.5 Å². The molecule has 0 radical (unpaired) electrons. The molecule has 0 aliphatic rings. The molecule has 0 aliphatic heterocycles. The number of carbonyl (C=O) groups is 1. The van der Waals surface area contributed by atoms with E-state index in [-0.39, 0.29) is 0 Å². The molecule has 0 amide bonds. The molecular formula is C17H16Cl2O3. The van der Waals surface area contributed by atoms with Gasteiger partial charge in [-0.1, -0.05) is 42.3 Å². The van der Waals surface area contributed by atoms with E-state index in [0.717, 1.165) is 6.42 Å². The van der Waals surface area contributed by atoms with Crippen LogP contribution in [0.2, 0.25) is 10.0 Å². The highest BCUT2D eigenvalue weighted by atomic mass is 35.5. The van der Waals surface area contributed by atoms with Crippen LogP contribution in [0.25, 0.3) is 0 Å². The summed E-state index contributed by atoms with van der Waals surface area (Å²) in [5.41, 5.74) is 1.18. The molecular weight excluding hydrogens is 323 g/mol. The van der Waals surface area contributed by atoms with Gasteiger partial charge >= 0.3 is 5.97 Å². The molecule has 0 saturated carbocycles. The Balaban J connectivity index is 1.99. The van der Waals surface area contributed by atoms with Crippen LogP contribution >= 0.6 is 23.2 Å². The van der Waals surface area contributed by atoms with Crippen molar-refractivity contribution in [2.24, 2.45) is 0 Å². The second kappa shape index (κ2) is 7.52. The molecule has 3 nitrogen and oxygen atoms in total. The predicted octanol–water partition coefficient (Wildman–Crippen LogP) is 4.93. The minimum absolute atomic E-state index is 0.347. The van der Waals surface area contributed by atoms with Gasteiger partial charge in [0.2, 0.25) is 0 Å². The van der Waals surface area contributed by atoms with Crippen LogP contribution in [0.1, 0.15) is 19.4 Å². The molecule has 0 saturated heterocycles. The lowest BCUT2D eigenvalue weighted by Gasteiger charge is -2.15. The van der Waals surface area contributed by atoms with Crippen molar-refractivity contribution in [2.75, 3.05) is 0 Å². The van der Waals surface area contributed by atoms with Crippen molar-refractivity contribution in [3.05, 3.63) is 58.1 Å². The number of carbonyl (C=O) groups excluding carboxylic acids is 1. The van der Waals surface area contributed by atoms with Gasteiger partial charge in [-0.15, -0.1) is 0 Å². The monoisotopic (exact) mass is 338 g/mol. The van der Waals surface area contributed by atoms with Gasteiger partial charge in [0, 0.05) is 5.02 Å². The minimum atomic E-state index is -0.787. The number of esters is 1. The number of ether oxygens (including phenoxy) is 2. The molecule has 116 valence electrons. The summed E-state index contributed by atoms with van der Waals surface area (Å²) >= 11 is 11.8. The third-order valence-electron chi connectivity index (χ3n) is 3.08. The number of benzene rings is 2. The van der Waals surface area contributed by atoms with Crippen molar-refractivity contribution in [3.8, 4) is 11.5 Å². The van der Waals surface area contributed by atoms with Crippen molar-refractivity contribution >= 4 is 29.2 Å². The van der Waals surface area contributed by atoms with Gasteiger partial charge in [-0.3, -0.25) is 0 Å². The van der Waals surface area contributed by atoms with E-state index >= 15 is 0 Å². The highest BCUT2D eigenvalue weighted by Gasteiger charge is 2.18. The average Bonchev–Trinajstić information content (AvgIpc) is 2.50. The first-order valence-corrected chi connectivity index (χ1v) is 7.67. The van der Waals surface area contributed by atoms with E-state index in [1.807, 2.05) is 12.1 Å². The molecule has 2 aromatic carbocycles. The fraction of sp³-hybridized carbons (Fsp3) is 0.235. The Morgan fingerprint density at radius 1 is 1.14 bits per heavy atom. The largest absolute Gasteiger partial charge is 0.477 e. The SMILES string of the molecule is CCc1ccc(OC(=O)[C@@H](C)Oc2ccc(Cl)cc2Cl)cc1. The third-order valence-corrected chi connectivity index (χ3v) is 3.61. The average molecular weight is 339 g/mol. The van der Waals surface area contributed by atoms with Crippen LogP contribution in [0.5, 0.6) is 11.5 Å². The zero-order valence-corrected chi connectivity index (χ0v) is 13.8. The van der Waals surface area contributed by atoms with Crippen molar-refractivity contribution < 1.29 is 14.3 Å². The van der Waals surface area contributed by atoms with Crippen molar-refractivity contribution in [3.63, 3.8) is 0 Å². The van der Waals surface area contributed by atoms with Crippen molar-refractivity contribution in [1.29, 1.82) is 0 Å². The highest BCUT2D eigenvalue weighted by molar-refractivity contribution is 6.35. The number of hydrogen-bond donors (Lipinski definition) is 0.